The van der Waals surface area contributed by atoms with Crippen LogP contribution in [0.5, 0.6) is 0 Å². The van der Waals surface area contributed by atoms with Gasteiger partial charge in [-0.2, -0.15) is 11.8 Å². The Hall–Kier alpha value is -2.48. The summed E-state index contributed by atoms with van der Waals surface area (Å²) in [5.41, 5.74) is 3.67. The molecule has 1 amide bonds. The van der Waals surface area contributed by atoms with Crippen LogP contribution in [0.4, 0.5) is 5.69 Å². The Balaban J connectivity index is 1.56. The lowest BCUT2D eigenvalue weighted by Gasteiger charge is -2.13. The first kappa shape index (κ1) is 24.2. The molecule has 0 aromatic heterocycles. The van der Waals surface area contributed by atoms with Crippen molar-refractivity contribution in [3.8, 4) is 0 Å². The third-order valence-corrected chi connectivity index (χ3v) is 7.45. The number of benzene rings is 3. The molecule has 3 aromatic carbocycles. The van der Waals surface area contributed by atoms with Crippen molar-refractivity contribution >= 4 is 45.0 Å². The zero-order valence-electron chi connectivity index (χ0n) is 17.9. The van der Waals surface area contributed by atoms with Gasteiger partial charge >= 0.3 is 0 Å². The van der Waals surface area contributed by atoms with Crippen LogP contribution in [0.2, 0.25) is 5.02 Å². The topological polar surface area (TPSA) is 75.3 Å². The number of nitrogens with one attached hydrogen (secondary N) is 2. The maximum absolute atomic E-state index is 12.7. The van der Waals surface area contributed by atoms with E-state index >= 15 is 0 Å². The highest BCUT2D eigenvalue weighted by molar-refractivity contribution is 7.98. The van der Waals surface area contributed by atoms with Crippen molar-refractivity contribution in [2.45, 2.75) is 24.5 Å². The molecule has 0 unspecified atom stereocenters. The molecule has 0 radical (unpaired) electrons. The predicted octanol–water partition coefficient (Wildman–Crippen LogP) is 5.42. The zero-order chi connectivity index (χ0) is 23.1. The van der Waals surface area contributed by atoms with Crippen molar-refractivity contribution in [1.29, 1.82) is 0 Å². The third-order valence-electron chi connectivity index (χ3n) is 4.79. The Bertz CT molecular complexity index is 1180. The number of hydrogen-bond donors (Lipinski definition) is 2. The fraction of sp³-hybridized carbons (Fsp3) is 0.208. The zero-order valence-corrected chi connectivity index (χ0v) is 20.3. The lowest BCUT2D eigenvalue weighted by atomic mass is 10.1. The van der Waals surface area contributed by atoms with Gasteiger partial charge in [0, 0.05) is 28.6 Å². The van der Waals surface area contributed by atoms with Crippen LogP contribution in [0.1, 0.15) is 27.0 Å². The van der Waals surface area contributed by atoms with Crippen LogP contribution in [0.15, 0.2) is 71.6 Å². The molecule has 8 heteroatoms. The Morgan fingerprint density at radius 1 is 0.969 bits per heavy atom. The van der Waals surface area contributed by atoms with E-state index in [0.29, 0.717) is 22.8 Å². The average molecular weight is 489 g/mol. The highest BCUT2D eigenvalue weighted by Crippen LogP contribution is 2.22. The van der Waals surface area contributed by atoms with Gasteiger partial charge in [-0.05, 0) is 61.4 Å². The number of amides is 1. The van der Waals surface area contributed by atoms with E-state index in [1.807, 2.05) is 31.2 Å². The van der Waals surface area contributed by atoms with Gasteiger partial charge in [-0.3, -0.25) is 9.52 Å². The molecule has 0 aliphatic rings. The molecule has 0 aliphatic carbocycles. The van der Waals surface area contributed by atoms with Gasteiger partial charge in [0.05, 0.1) is 10.6 Å². The number of thioether (sulfide) groups is 1. The van der Waals surface area contributed by atoms with Gasteiger partial charge in [-0.1, -0.05) is 47.5 Å². The lowest BCUT2D eigenvalue weighted by Crippen LogP contribution is -2.26. The van der Waals surface area contributed by atoms with Gasteiger partial charge in [0.15, 0.2) is 0 Å². The van der Waals surface area contributed by atoms with Crippen molar-refractivity contribution in [3.05, 3.63) is 94.0 Å². The molecule has 0 heterocycles. The number of rotatable bonds is 9. The minimum atomic E-state index is -3.74. The van der Waals surface area contributed by atoms with E-state index in [2.05, 4.69) is 10.0 Å². The Morgan fingerprint density at radius 3 is 2.34 bits per heavy atom. The molecule has 0 spiro atoms. The van der Waals surface area contributed by atoms with E-state index in [4.69, 9.17) is 11.6 Å². The van der Waals surface area contributed by atoms with Crippen LogP contribution in [-0.4, -0.2) is 26.6 Å². The number of aryl methyl sites for hydroxylation is 2. The molecule has 2 N–H and O–H groups in total. The first-order valence-electron chi connectivity index (χ1n) is 10.0. The monoisotopic (exact) mass is 488 g/mol. The first-order valence-corrected chi connectivity index (χ1v) is 13.1. The Morgan fingerprint density at radius 2 is 1.66 bits per heavy atom. The summed E-state index contributed by atoms with van der Waals surface area (Å²) < 4.78 is 28.0. The van der Waals surface area contributed by atoms with Gasteiger partial charge in [-0.25, -0.2) is 8.42 Å². The summed E-state index contributed by atoms with van der Waals surface area (Å²) in [6.45, 7) is 4.20. The number of halogens is 1. The van der Waals surface area contributed by atoms with Crippen molar-refractivity contribution in [2.24, 2.45) is 0 Å². The van der Waals surface area contributed by atoms with E-state index in [1.165, 1.54) is 5.56 Å². The van der Waals surface area contributed by atoms with Gasteiger partial charge in [0.25, 0.3) is 15.9 Å². The first-order chi connectivity index (χ1) is 15.2. The quantitative estimate of drug-likeness (QED) is 0.394. The number of anilines is 1. The fourth-order valence-electron chi connectivity index (χ4n) is 2.90. The highest BCUT2D eigenvalue weighted by atomic mass is 35.5. The van der Waals surface area contributed by atoms with Crippen LogP contribution in [-0.2, 0) is 15.8 Å². The van der Waals surface area contributed by atoms with Gasteiger partial charge in [0.1, 0.15) is 0 Å². The minimum absolute atomic E-state index is 0.176. The van der Waals surface area contributed by atoms with Gasteiger partial charge in [-0.15, -0.1) is 0 Å². The lowest BCUT2D eigenvalue weighted by molar-refractivity contribution is 0.0956. The third kappa shape index (κ3) is 6.76. The molecule has 3 aromatic rings. The van der Waals surface area contributed by atoms with Crippen LogP contribution in [0, 0.1) is 13.8 Å². The number of carbonyl (C=O) groups is 1. The van der Waals surface area contributed by atoms with Gasteiger partial charge < -0.3 is 5.32 Å². The summed E-state index contributed by atoms with van der Waals surface area (Å²) in [5, 5.41) is 3.60. The molecule has 0 saturated carbocycles. The second-order valence-electron chi connectivity index (χ2n) is 7.38. The van der Waals surface area contributed by atoms with E-state index < -0.39 is 10.0 Å². The maximum Gasteiger partial charge on any atom is 0.261 e. The summed E-state index contributed by atoms with van der Waals surface area (Å²) in [6.07, 6.45) is 0. The van der Waals surface area contributed by atoms with E-state index in [9.17, 15) is 13.2 Å². The number of carbonyl (C=O) groups excluding carboxylic acids is 1. The van der Waals surface area contributed by atoms with E-state index in [1.54, 1.807) is 61.2 Å². The molecule has 0 bridgehead atoms. The predicted molar refractivity (Wildman–Crippen MR) is 133 cm³/mol. The van der Waals surface area contributed by atoms with Crippen LogP contribution in [0.25, 0.3) is 0 Å². The highest BCUT2D eigenvalue weighted by Gasteiger charge is 2.16. The molecular formula is C24H25ClN2O3S2. The fourth-order valence-corrected chi connectivity index (χ4v) is 4.97. The summed E-state index contributed by atoms with van der Waals surface area (Å²) in [7, 11) is -3.74. The molecule has 0 aliphatic heterocycles. The van der Waals surface area contributed by atoms with Crippen molar-refractivity contribution in [2.75, 3.05) is 17.0 Å². The second-order valence-corrected chi connectivity index (χ2v) is 10.6. The van der Waals surface area contributed by atoms with Crippen molar-refractivity contribution in [1.82, 2.24) is 5.32 Å². The van der Waals surface area contributed by atoms with E-state index in [-0.39, 0.29) is 10.8 Å². The molecule has 3 rings (SSSR count). The normalized spacial score (nSPS) is 11.2. The largest absolute Gasteiger partial charge is 0.351 e. The molecule has 32 heavy (non-hydrogen) atoms. The molecule has 0 atom stereocenters. The molecule has 168 valence electrons. The Kier molecular flexibility index (Phi) is 8.23. The molecule has 5 nitrogen and oxygen atoms in total. The summed E-state index contributed by atoms with van der Waals surface area (Å²) in [5.74, 6) is 1.35. The van der Waals surface area contributed by atoms with Crippen LogP contribution in [0.3, 0.4) is 0 Å². The Labute approximate surface area is 198 Å². The van der Waals surface area contributed by atoms with Gasteiger partial charge in [0.2, 0.25) is 0 Å². The van der Waals surface area contributed by atoms with Crippen LogP contribution >= 0.6 is 23.4 Å². The molecule has 0 saturated heterocycles. The van der Waals surface area contributed by atoms with Crippen LogP contribution < -0.4 is 10.0 Å². The van der Waals surface area contributed by atoms with E-state index in [0.717, 1.165) is 22.6 Å². The average Bonchev–Trinajstić information content (AvgIpc) is 2.76. The summed E-state index contributed by atoms with van der Waals surface area (Å²) in [6, 6.07) is 19.3. The summed E-state index contributed by atoms with van der Waals surface area (Å²) >= 11 is 7.60. The minimum Gasteiger partial charge on any atom is -0.351 e. The molecular weight excluding hydrogens is 464 g/mol. The SMILES string of the molecule is Cc1ccc(S(=O)(=O)Nc2cc(C(=O)NCCSCc3ccc(Cl)cc3)ccc2C)cc1. The summed E-state index contributed by atoms with van der Waals surface area (Å²) in [4.78, 5) is 12.7. The second kappa shape index (κ2) is 10.9. The smallest absolute Gasteiger partial charge is 0.261 e. The number of hydrogen-bond acceptors (Lipinski definition) is 4. The van der Waals surface area contributed by atoms with Crippen molar-refractivity contribution in [3.63, 3.8) is 0 Å². The standard InChI is InChI=1S/C24H25ClN2O3S2/c1-17-3-11-22(12-4-17)32(29,30)27-23-15-20(8-5-18(23)2)24(28)26-13-14-31-16-19-6-9-21(25)10-7-19/h3-12,15,27H,13-14,16H2,1-2H3,(H,26,28). The maximum atomic E-state index is 12.7. The number of sulfonamides is 1. The van der Waals surface area contributed by atoms with Crippen molar-refractivity contribution < 1.29 is 13.2 Å². The molecule has 0 fully saturated rings.